The minimum atomic E-state index is -4.43. The number of aliphatic hydroxyl groups excluding tert-OH is 1. The van der Waals surface area contributed by atoms with Crippen molar-refractivity contribution in [3.63, 3.8) is 0 Å². The molecule has 2 aromatic rings. The van der Waals surface area contributed by atoms with Crippen LogP contribution in [-0.2, 0) is 6.18 Å². The number of aliphatic hydroxyl groups is 1. The summed E-state index contributed by atoms with van der Waals surface area (Å²) in [6.45, 7) is 1.80. The SMILES string of the molecule is Cc1cc(Cl)cc(C(O)c2cccc(C(F)(F)F)c2)c1. The second kappa shape index (κ2) is 5.46. The van der Waals surface area contributed by atoms with Crippen LogP contribution in [0.2, 0.25) is 5.02 Å². The molecule has 2 aromatic carbocycles. The Morgan fingerprint density at radius 2 is 1.75 bits per heavy atom. The minimum Gasteiger partial charge on any atom is -0.384 e. The van der Waals surface area contributed by atoms with Gasteiger partial charge in [0.15, 0.2) is 0 Å². The normalized spacial score (nSPS) is 13.3. The lowest BCUT2D eigenvalue weighted by atomic mass is 9.98. The van der Waals surface area contributed by atoms with Crippen molar-refractivity contribution < 1.29 is 18.3 Å². The molecule has 0 aliphatic carbocycles. The lowest BCUT2D eigenvalue weighted by Gasteiger charge is -2.15. The van der Waals surface area contributed by atoms with Crippen molar-refractivity contribution in [2.75, 3.05) is 0 Å². The Hall–Kier alpha value is -1.52. The summed E-state index contributed by atoms with van der Waals surface area (Å²) < 4.78 is 38.0. The predicted molar refractivity (Wildman–Crippen MR) is 71.7 cm³/mol. The van der Waals surface area contributed by atoms with E-state index in [0.717, 1.165) is 17.7 Å². The molecule has 0 radical (unpaired) electrons. The lowest BCUT2D eigenvalue weighted by Crippen LogP contribution is -2.07. The van der Waals surface area contributed by atoms with Gasteiger partial charge in [-0.05, 0) is 47.9 Å². The fourth-order valence-electron chi connectivity index (χ4n) is 2.00. The first kappa shape index (κ1) is 14.9. The van der Waals surface area contributed by atoms with Crippen molar-refractivity contribution in [2.45, 2.75) is 19.2 Å². The molecule has 0 saturated heterocycles. The average Bonchev–Trinajstić information content (AvgIpc) is 2.36. The molecule has 2 rings (SSSR count). The number of hydrogen-bond donors (Lipinski definition) is 1. The summed E-state index contributed by atoms with van der Waals surface area (Å²) in [5.74, 6) is 0. The van der Waals surface area contributed by atoms with Gasteiger partial charge in [0.1, 0.15) is 6.10 Å². The van der Waals surface area contributed by atoms with Crippen LogP contribution < -0.4 is 0 Å². The van der Waals surface area contributed by atoms with Gasteiger partial charge >= 0.3 is 6.18 Å². The summed E-state index contributed by atoms with van der Waals surface area (Å²) in [7, 11) is 0. The van der Waals surface area contributed by atoms with Crippen LogP contribution >= 0.6 is 11.6 Å². The average molecular weight is 301 g/mol. The monoisotopic (exact) mass is 300 g/mol. The van der Waals surface area contributed by atoms with Crippen LogP contribution in [0.1, 0.15) is 28.4 Å². The van der Waals surface area contributed by atoms with E-state index in [4.69, 9.17) is 11.6 Å². The van der Waals surface area contributed by atoms with Gasteiger partial charge in [0.25, 0.3) is 0 Å². The summed E-state index contributed by atoms with van der Waals surface area (Å²) >= 11 is 5.89. The Bertz CT molecular complexity index is 603. The van der Waals surface area contributed by atoms with Gasteiger partial charge in [-0.1, -0.05) is 29.8 Å². The first-order valence-corrected chi connectivity index (χ1v) is 6.27. The Balaban J connectivity index is 2.40. The van der Waals surface area contributed by atoms with Crippen molar-refractivity contribution in [1.82, 2.24) is 0 Å². The molecule has 1 unspecified atom stereocenters. The summed E-state index contributed by atoms with van der Waals surface area (Å²) in [4.78, 5) is 0. The van der Waals surface area contributed by atoms with E-state index in [1.165, 1.54) is 12.1 Å². The predicted octanol–water partition coefficient (Wildman–Crippen LogP) is 4.75. The standard InChI is InChI=1S/C15H12ClF3O/c1-9-5-11(8-13(16)6-9)14(20)10-3-2-4-12(7-10)15(17,18)19/h2-8,14,20H,1H3. The highest BCUT2D eigenvalue weighted by molar-refractivity contribution is 6.30. The van der Waals surface area contributed by atoms with E-state index < -0.39 is 17.8 Å². The van der Waals surface area contributed by atoms with E-state index >= 15 is 0 Å². The van der Waals surface area contributed by atoms with E-state index in [1.54, 1.807) is 25.1 Å². The Morgan fingerprint density at radius 3 is 2.35 bits per heavy atom. The van der Waals surface area contributed by atoms with Gasteiger partial charge in [-0.25, -0.2) is 0 Å². The van der Waals surface area contributed by atoms with Crippen LogP contribution in [0.15, 0.2) is 42.5 Å². The topological polar surface area (TPSA) is 20.2 Å². The summed E-state index contributed by atoms with van der Waals surface area (Å²) in [6, 6.07) is 9.59. The maximum absolute atomic E-state index is 12.7. The van der Waals surface area contributed by atoms with Crippen LogP contribution in [0.5, 0.6) is 0 Å². The summed E-state index contributed by atoms with van der Waals surface area (Å²) in [6.07, 6.45) is -5.57. The first-order chi connectivity index (χ1) is 9.27. The summed E-state index contributed by atoms with van der Waals surface area (Å²) in [5.41, 5.74) is 0.696. The number of hydrogen-bond acceptors (Lipinski definition) is 1. The van der Waals surface area contributed by atoms with E-state index in [-0.39, 0.29) is 5.56 Å². The van der Waals surface area contributed by atoms with Crippen molar-refractivity contribution in [2.24, 2.45) is 0 Å². The highest BCUT2D eigenvalue weighted by atomic mass is 35.5. The van der Waals surface area contributed by atoms with Gasteiger partial charge in [0, 0.05) is 5.02 Å². The van der Waals surface area contributed by atoms with Crippen molar-refractivity contribution >= 4 is 11.6 Å². The molecular formula is C15H12ClF3O. The highest BCUT2D eigenvalue weighted by Gasteiger charge is 2.31. The number of alkyl halides is 3. The van der Waals surface area contributed by atoms with Crippen molar-refractivity contribution in [1.29, 1.82) is 0 Å². The molecule has 0 amide bonds. The zero-order valence-electron chi connectivity index (χ0n) is 10.6. The molecule has 20 heavy (non-hydrogen) atoms. The van der Waals surface area contributed by atoms with Gasteiger partial charge < -0.3 is 5.11 Å². The van der Waals surface area contributed by atoms with Gasteiger partial charge in [-0.3, -0.25) is 0 Å². The van der Waals surface area contributed by atoms with Gasteiger partial charge in [-0.15, -0.1) is 0 Å². The van der Waals surface area contributed by atoms with Gasteiger partial charge in [0.2, 0.25) is 0 Å². The molecule has 0 aliphatic rings. The molecule has 5 heteroatoms. The highest BCUT2D eigenvalue weighted by Crippen LogP contribution is 2.32. The van der Waals surface area contributed by atoms with Gasteiger partial charge in [0.05, 0.1) is 5.56 Å². The maximum atomic E-state index is 12.7. The fourth-order valence-corrected chi connectivity index (χ4v) is 2.30. The maximum Gasteiger partial charge on any atom is 0.416 e. The minimum absolute atomic E-state index is 0.182. The molecular weight excluding hydrogens is 289 g/mol. The summed E-state index contributed by atoms with van der Waals surface area (Å²) in [5, 5.41) is 10.6. The molecule has 106 valence electrons. The second-order valence-corrected chi connectivity index (χ2v) is 5.02. The van der Waals surface area contributed by atoms with E-state index in [9.17, 15) is 18.3 Å². The van der Waals surface area contributed by atoms with Crippen LogP contribution in [0, 0.1) is 6.92 Å². The zero-order chi connectivity index (χ0) is 14.9. The van der Waals surface area contributed by atoms with Crippen LogP contribution in [0.25, 0.3) is 0 Å². The van der Waals surface area contributed by atoms with Crippen molar-refractivity contribution in [3.05, 3.63) is 69.7 Å². The number of benzene rings is 2. The molecule has 1 N–H and O–H groups in total. The third-order valence-electron chi connectivity index (χ3n) is 2.91. The Kier molecular flexibility index (Phi) is 4.06. The van der Waals surface area contributed by atoms with Crippen LogP contribution in [-0.4, -0.2) is 5.11 Å². The Labute approximate surface area is 119 Å². The molecule has 1 atom stereocenters. The number of aryl methyl sites for hydroxylation is 1. The zero-order valence-corrected chi connectivity index (χ0v) is 11.3. The third kappa shape index (κ3) is 3.32. The van der Waals surface area contributed by atoms with Crippen LogP contribution in [0.4, 0.5) is 13.2 Å². The van der Waals surface area contributed by atoms with E-state index in [0.29, 0.717) is 10.6 Å². The van der Waals surface area contributed by atoms with Crippen LogP contribution in [0.3, 0.4) is 0 Å². The molecule has 0 fully saturated rings. The van der Waals surface area contributed by atoms with E-state index in [1.807, 2.05) is 0 Å². The fraction of sp³-hybridized carbons (Fsp3) is 0.200. The number of halogens is 4. The molecule has 0 spiro atoms. The quantitative estimate of drug-likeness (QED) is 0.848. The largest absolute Gasteiger partial charge is 0.416 e. The molecule has 1 nitrogen and oxygen atoms in total. The third-order valence-corrected chi connectivity index (χ3v) is 3.13. The van der Waals surface area contributed by atoms with Gasteiger partial charge in [-0.2, -0.15) is 13.2 Å². The number of rotatable bonds is 2. The van der Waals surface area contributed by atoms with E-state index in [2.05, 4.69) is 0 Å². The molecule has 0 aliphatic heterocycles. The lowest BCUT2D eigenvalue weighted by molar-refractivity contribution is -0.137. The molecule has 0 aromatic heterocycles. The second-order valence-electron chi connectivity index (χ2n) is 4.59. The van der Waals surface area contributed by atoms with Crippen molar-refractivity contribution in [3.8, 4) is 0 Å². The molecule has 0 saturated carbocycles. The smallest absolute Gasteiger partial charge is 0.384 e. The first-order valence-electron chi connectivity index (χ1n) is 5.89. The Morgan fingerprint density at radius 1 is 1.05 bits per heavy atom. The molecule has 0 bridgehead atoms. The molecule has 0 heterocycles.